The van der Waals surface area contributed by atoms with Crippen LogP contribution < -0.4 is 10.6 Å². The van der Waals surface area contributed by atoms with Crippen molar-refractivity contribution in [2.45, 2.75) is 18.8 Å². The van der Waals surface area contributed by atoms with Crippen LogP contribution in [0.1, 0.15) is 22.7 Å². The Hall–Kier alpha value is -3.89. The van der Waals surface area contributed by atoms with Crippen molar-refractivity contribution >= 4 is 17.8 Å². The second-order valence-corrected chi connectivity index (χ2v) is 7.69. The Labute approximate surface area is 187 Å². The molecule has 1 aromatic heterocycles. The van der Waals surface area contributed by atoms with Gasteiger partial charge in [0.25, 0.3) is 5.91 Å². The predicted octanol–water partition coefficient (Wildman–Crippen LogP) is 2.21. The topological polar surface area (TPSA) is 94.6 Å². The van der Waals surface area contributed by atoms with Gasteiger partial charge in [0.1, 0.15) is 6.54 Å². The standard InChI is InChI=1S/C22H20F3N5O3/c1-29-16-11-30(12-17(31)27-10-13-5-4-8-26-9-13)20(32)18(16)19(28-21(29)33)14-6-2-3-7-15(14)22(23,24)25/h2-9,19H,10-12H2,1H3,(H,27,31)(H,28,33)/t19-/m1/s1. The van der Waals surface area contributed by atoms with Crippen molar-refractivity contribution in [3.05, 3.63) is 76.8 Å². The second kappa shape index (κ2) is 8.57. The third-order valence-electron chi connectivity index (χ3n) is 5.56. The summed E-state index contributed by atoms with van der Waals surface area (Å²) in [6, 6.07) is 6.39. The molecule has 0 saturated carbocycles. The molecular formula is C22H20F3N5O3. The molecule has 172 valence electrons. The van der Waals surface area contributed by atoms with Crippen LogP contribution in [-0.4, -0.2) is 52.8 Å². The molecular weight excluding hydrogens is 439 g/mol. The van der Waals surface area contributed by atoms with Crippen molar-refractivity contribution in [3.63, 3.8) is 0 Å². The summed E-state index contributed by atoms with van der Waals surface area (Å²) in [5.74, 6) is -1.04. The van der Waals surface area contributed by atoms with Gasteiger partial charge in [0, 0.05) is 26.0 Å². The van der Waals surface area contributed by atoms with E-state index in [2.05, 4.69) is 15.6 Å². The Morgan fingerprint density at radius 1 is 1.21 bits per heavy atom. The van der Waals surface area contributed by atoms with Crippen LogP contribution in [0.2, 0.25) is 0 Å². The normalized spacial score (nSPS) is 18.4. The summed E-state index contributed by atoms with van der Waals surface area (Å²) in [4.78, 5) is 44.4. The van der Waals surface area contributed by atoms with E-state index in [4.69, 9.17) is 0 Å². The zero-order valence-corrected chi connectivity index (χ0v) is 17.5. The van der Waals surface area contributed by atoms with Crippen molar-refractivity contribution < 1.29 is 27.6 Å². The molecule has 4 rings (SSSR count). The number of aromatic nitrogens is 1. The number of halogens is 3. The summed E-state index contributed by atoms with van der Waals surface area (Å²) in [5, 5.41) is 5.17. The molecule has 11 heteroatoms. The maximum Gasteiger partial charge on any atom is 0.416 e. The highest BCUT2D eigenvalue weighted by Gasteiger charge is 2.45. The van der Waals surface area contributed by atoms with Gasteiger partial charge in [0.15, 0.2) is 0 Å². The lowest BCUT2D eigenvalue weighted by Gasteiger charge is -2.32. The summed E-state index contributed by atoms with van der Waals surface area (Å²) >= 11 is 0. The van der Waals surface area contributed by atoms with Gasteiger partial charge in [-0.2, -0.15) is 13.2 Å². The van der Waals surface area contributed by atoms with Crippen LogP contribution in [0.4, 0.5) is 18.0 Å². The van der Waals surface area contributed by atoms with Crippen molar-refractivity contribution in [2.24, 2.45) is 0 Å². The third kappa shape index (κ3) is 4.38. The van der Waals surface area contributed by atoms with Gasteiger partial charge in [0.2, 0.25) is 5.91 Å². The molecule has 0 radical (unpaired) electrons. The summed E-state index contributed by atoms with van der Waals surface area (Å²) in [7, 11) is 1.43. The lowest BCUT2D eigenvalue weighted by Crippen LogP contribution is -2.45. The molecule has 33 heavy (non-hydrogen) atoms. The van der Waals surface area contributed by atoms with Crippen LogP contribution >= 0.6 is 0 Å². The summed E-state index contributed by atoms with van der Waals surface area (Å²) < 4.78 is 40.8. The predicted molar refractivity (Wildman–Crippen MR) is 110 cm³/mol. The Balaban J connectivity index is 1.56. The van der Waals surface area contributed by atoms with Crippen LogP contribution in [0.3, 0.4) is 0 Å². The van der Waals surface area contributed by atoms with Crippen LogP contribution in [-0.2, 0) is 22.3 Å². The maximum atomic E-state index is 13.6. The van der Waals surface area contributed by atoms with E-state index in [1.165, 1.54) is 35.0 Å². The van der Waals surface area contributed by atoms with E-state index in [9.17, 15) is 27.6 Å². The molecule has 0 saturated heterocycles. The third-order valence-corrected chi connectivity index (χ3v) is 5.56. The number of likely N-dealkylation sites (N-methyl/N-ethyl adjacent to an activating group) is 1. The molecule has 0 bridgehead atoms. The van der Waals surface area contributed by atoms with E-state index in [1.54, 1.807) is 24.5 Å². The number of nitrogens with zero attached hydrogens (tertiary/aromatic N) is 3. The quantitative estimate of drug-likeness (QED) is 0.717. The fourth-order valence-electron chi connectivity index (χ4n) is 3.92. The van der Waals surface area contributed by atoms with E-state index in [0.29, 0.717) is 0 Å². The first-order valence-electron chi connectivity index (χ1n) is 10.0. The molecule has 1 aromatic carbocycles. The average Bonchev–Trinajstić information content (AvgIpc) is 3.11. The lowest BCUT2D eigenvalue weighted by atomic mass is 9.92. The van der Waals surface area contributed by atoms with Crippen molar-refractivity contribution in [2.75, 3.05) is 20.1 Å². The van der Waals surface area contributed by atoms with Crippen molar-refractivity contribution in [3.8, 4) is 0 Å². The molecule has 0 unspecified atom stereocenters. The van der Waals surface area contributed by atoms with Crippen molar-refractivity contribution in [1.29, 1.82) is 0 Å². The van der Waals surface area contributed by atoms with Crippen LogP contribution in [0.5, 0.6) is 0 Å². The summed E-state index contributed by atoms with van der Waals surface area (Å²) in [6.07, 6.45) is -1.47. The molecule has 2 N–H and O–H groups in total. The van der Waals surface area contributed by atoms with E-state index >= 15 is 0 Å². The minimum absolute atomic E-state index is 0.0221. The number of carbonyl (C=O) groups is 3. The number of rotatable bonds is 5. The van der Waals surface area contributed by atoms with Gasteiger partial charge in [-0.15, -0.1) is 0 Å². The number of benzene rings is 1. The van der Waals surface area contributed by atoms with Gasteiger partial charge in [-0.3, -0.25) is 19.5 Å². The first kappa shape index (κ1) is 22.3. The molecule has 0 spiro atoms. The molecule has 3 heterocycles. The number of amides is 4. The van der Waals surface area contributed by atoms with Gasteiger partial charge < -0.3 is 15.5 Å². The van der Waals surface area contributed by atoms with E-state index in [0.717, 1.165) is 11.6 Å². The molecule has 0 aliphatic carbocycles. The van der Waals surface area contributed by atoms with Gasteiger partial charge in [-0.05, 0) is 23.3 Å². The molecule has 2 aliphatic rings. The molecule has 2 aromatic rings. The number of pyridine rings is 1. The van der Waals surface area contributed by atoms with E-state index in [1.807, 2.05) is 0 Å². The van der Waals surface area contributed by atoms with E-state index in [-0.39, 0.29) is 36.5 Å². The zero-order chi connectivity index (χ0) is 23.8. The van der Waals surface area contributed by atoms with Crippen LogP contribution in [0.15, 0.2) is 60.1 Å². The maximum absolute atomic E-state index is 13.6. The molecule has 4 amide bonds. The van der Waals surface area contributed by atoms with E-state index < -0.39 is 35.6 Å². The number of nitrogens with one attached hydrogen (secondary N) is 2. The van der Waals surface area contributed by atoms with Gasteiger partial charge >= 0.3 is 12.2 Å². The Bertz CT molecular complexity index is 1130. The zero-order valence-electron chi connectivity index (χ0n) is 17.5. The van der Waals surface area contributed by atoms with Gasteiger partial charge in [-0.1, -0.05) is 24.3 Å². The Morgan fingerprint density at radius 3 is 2.67 bits per heavy atom. The Morgan fingerprint density at radius 2 is 1.97 bits per heavy atom. The first-order chi connectivity index (χ1) is 15.7. The van der Waals surface area contributed by atoms with Gasteiger partial charge in [0.05, 0.1) is 29.4 Å². The van der Waals surface area contributed by atoms with Crippen LogP contribution in [0, 0.1) is 0 Å². The number of hydrogen-bond donors (Lipinski definition) is 2. The molecule has 2 aliphatic heterocycles. The minimum atomic E-state index is -4.67. The first-order valence-corrected chi connectivity index (χ1v) is 10.0. The Kier molecular flexibility index (Phi) is 5.79. The highest BCUT2D eigenvalue weighted by Crippen LogP contribution is 2.41. The summed E-state index contributed by atoms with van der Waals surface area (Å²) in [5.41, 5.74) is -0.101. The largest absolute Gasteiger partial charge is 0.416 e. The lowest BCUT2D eigenvalue weighted by molar-refractivity contribution is -0.138. The van der Waals surface area contributed by atoms with Crippen molar-refractivity contribution in [1.82, 2.24) is 25.4 Å². The highest BCUT2D eigenvalue weighted by atomic mass is 19.4. The SMILES string of the molecule is CN1C(=O)N[C@H](c2ccccc2C(F)(F)F)C2=C1CN(CC(=O)NCc1cccnc1)C2=O. The number of carbonyl (C=O) groups excluding carboxylic acids is 3. The molecule has 8 nitrogen and oxygen atoms in total. The van der Waals surface area contributed by atoms with Gasteiger partial charge in [-0.25, -0.2) is 4.79 Å². The molecule has 0 fully saturated rings. The highest BCUT2D eigenvalue weighted by molar-refractivity contribution is 6.03. The number of urea groups is 1. The van der Waals surface area contributed by atoms with Crippen LogP contribution in [0.25, 0.3) is 0 Å². The molecule has 1 atom stereocenters. The minimum Gasteiger partial charge on any atom is -0.350 e. The monoisotopic (exact) mass is 459 g/mol. The number of hydrogen-bond acceptors (Lipinski definition) is 4. The fourth-order valence-corrected chi connectivity index (χ4v) is 3.92. The second-order valence-electron chi connectivity index (χ2n) is 7.69. The number of alkyl halides is 3. The summed E-state index contributed by atoms with van der Waals surface area (Å²) in [6.45, 7) is -0.159. The fraction of sp³-hybridized carbons (Fsp3) is 0.273. The smallest absolute Gasteiger partial charge is 0.350 e. The average molecular weight is 459 g/mol.